The average molecular weight is 1230 g/mol. The van der Waals surface area contributed by atoms with Gasteiger partial charge in [0.1, 0.15) is 24.7 Å². The molecule has 0 aliphatic carbocycles. The molecule has 1 atom stereocenters. The number of ether oxygens (including phenoxy) is 4. The molecule has 1 aliphatic rings. The van der Waals surface area contributed by atoms with Crippen molar-refractivity contribution in [3.05, 3.63) is 98.1 Å². The van der Waals surface area contributed by atoms with Gasteiger partial charge < -0.3 is 43.8 Å². The number of pyridine rings is 1. The third kappa shape index (κ3) is 18.6. The molecule has 1 unspecified atom stereocenters. The number of sulfonamides is 1. The standard InChI is InChI=1S/C15H14Cl2N2O3.C15H18N6O6S.C11H11Cl2NO2.C8H14ClN5/c1-5-6-21-12-8-11(9(16)7-10(12)17)19-14(20)22-13(18-19)15(2,3)4;1-21(2)13(22)9-6-5-7-16-12(9)28(24,25)20-15(23)19-14-17-10(26-3)8-11(18-14)27-4;1-7-6-16-9-5-3-2-4-8(9)14(7)11(15)10(12)13;1-4-10-7-12-6(9)13-8(14-7)11-5(2)3/h1,7-8H,6H2,2-4H3;5-8H,1-4H3,(H2,17,18,19,20,23);2-5,7,10H,6H2,1H3;5H,4H2,1-3H3,(H2,10,11,12,13,14). The van der Waals surface area contributed by atoms with E-state index in [0.717, 1.165) is 16.9 Å². The molecule has 0 spiro atoms. The fourth-order valence-corrected chi connectivity index (χ4v) is 8.20. The topological polar surface area (TPSA) is 302 Å². The highest BCUT2D eigenvalue weighted by Crippen LogP contribution is 2.35. The van der Waals surface area contributed by atoms with Crippen molar-refractivity contribution in [1.82, 2.24) is 49.3 Å². The Morgan fingerprint density at radius 3 is 2.14 bits per heavy atom. The molecule has 0 saturated carbocycles. The molecule has 0 fully saturated rings. The predicted octanol–water partition coefficient (Wildman–Crippen LogP) is 7.92. The van der Waals surface area contributed by atoms with Gasteiger partial charge in [-0.25, -0.2) is 19.3 Å². The number of rotatable bonds is 14. The quantitative estimate of drug-likeness (QED) is 0.0594. The molecule has 4 N–H and O–H groups in total. The minimum atomic E-state index is -4.46. The first kappa shape index (κ1) is 65.1. The van der Waals surface area contributed by atoms with Crippen molar-refractivity contribution < 1.29 is 46.2 Å². The summed E-state index contributed by atoms with van der Waals surface area (Å²) in [6.07, 6.45) is 6.34. The molecule has 25 nitrogen and oxygen atoms in total. The van der Waals surface area contributed by atoms with Gasteiger partial charge in [0.2, 0.25) is 40.8 Å². The highest BCUT2D eigenvalue weighted by molar-refractivity contribution is 7.90. The number of urea groups is 1. The van der Waals surface area contributed by atoms with Crippen LogP contribution in [0.15, 0.2) is 75.0 Å². The van der Waals surface area contributed by atoms with E-state index >= 15 is 0 Å². The number of hydrogen-bond donors (Lipinski definition) is 4. The van der Waals surface area contributed by atoms with Crippen LogP contribution in [0.1, 0.15) is 64.7 Å². The first-order valence-electron chi connectivity index (χ1n) is 23.5. The smallest absolute Gasteiger partial charge is 0.442 e. The number of fused-ring (bicyclic) bond motifs is 1. The lowest BCUT2D eigenvalue weighted by molar-refractivity contribution is -0.117. The summed E-state index contributed by atoms with van der Waals surface area (Å²) in [5.74, 6) is 3.01. The highest BCUT2D eigenvalue weighted by atomic mass is 35.5. The molecular weight excluding hydrogens is 1170 g/mol. The van der Waals surface area contributed by atoms with Gasteiger partial charge in [0.25, 0.3) is 21.8 Å². The maximum Gasteiger partial charge on any atom is 0.442 e. The zero-order valence-corrected chi connectivity index (χ0v) is 49.6. The number of benzene rings is 2. The zero-order chi connectivity index (χ0) is 59.6. The van der Waals surface area contributed by atoms with Crippen LogP contribution in [0.5, 0.6) is 23.3 Å². The molecule has 80 heavy (non-hydrogen) atoms. The maximum absolute atomic E-state index is 12.5. The Morgan fingerprint density at radius 2 is 1.56 bits per heavy atom. The van der Waals surface area contributed by atoms with Crippen LogP contribution >= 0.6 is 58.0 Å². The number of alkyl halides is 2. The zero-order valence-electron chi connectivity index (χ0n) is 45.0. The van der Waals surface area contributed by atoms with Crippen molar-refractivity contribution in [3.63, 3.8) is 0 Å². The van der Waals surface area contributed by atoms with Crippen LogP contribution in [0.4, 0.5) is 28.3 Å². The van der Waals surface area contributed by atoms with Crippen LogP contribution in [0.2, 0.25) is 15.3 Å². The lowest BCUT2D eigenvalue weighted by Gasteiger charge is -2.35. The Morgan fingerprint density at radius 1 is 0.912 bits per heavy atom. The minimum absolute atomic E-state index is 0.0434. The molecule has 0 bridgehead atoms. The second-order valence-corrected chi connectivity index (χ2v) is 21.5. The molecule has 0 saturated heterocycles. The van der Waals surface area contributed by atoms with Crippen LogP contribution in [0.3, 0.4) is 0 Å². The van der Waals surface area contributed by atoms with Gasteiger partial charge >= 0.3 is 11.8 Å². The van der Waals surface area contributed by atoms with Crippen molar-refractivity contribution in [2.75, 3.05) is 68.9 Å². The van der Waals surface area contributed by atoms with Crippen molar-refractivity contribution in [2.45, 2.75) is 75.8 Å². The van der Waals surface area contributed by atoms with Crippen LogP contribution in [-0.4, -0.2) is 136 Å². The third-order valence-corrected chi connectivity index (χ3v) is 12.2. The lowest BCUT2D eigenvalue weighted by atomic mass is 9.97. The monoisotopic (exact) mass is 1220 g/mol. The number of amides is 4. The number of hydrogen-bond acceptors (Lipinski definition) is 20. The van der Waals surface area contributed by atoms with E-state index in [1.807, 2.05) is 72.7 Å². The number of carbonyl (C=O) groups is 3. The van der Waals surface area contributed by atoms with Crippen LogP contribution in [0.25, 0.3) is 5.69 Å². The van der Waals surface area contributed by atoms with Crippen molar-refractivity contribution >= 4 is 109 Å². The number of nitrogens with one attached hydrogen (secondary N) is 4. The van der Waals surface area contributed by atoms with Crippen LogP contribution in [-0.2, 0) is 20.2 Å². The van der Waals surface area contributed by atoms with Gasteiger partial charge in [0, 0.05) is 44.4 Å². The molecule has 4 amide bonds. The molecule has 5 heterocycles. The molecule has 6 aromatic rings. The average Bonchev–Trinajstić information content (AvgIpc) is 3.79. The Kier molecular flexibility index (Phi) is 24.2. The molecular formula is C49H57Cl5N14O11S. The Bertz CT molecular complexity index is 3320. The maximum atomic E-state index is 12.5. The van der Waals surface area contributed by atoms with E-state index in [1.54, 1.807) is 9.62 Å². The van der Waals surface area contributed by atoms with Gasteiger partial charge in [0.05, 0.1) is 53.3 Å². The van der Waals surface area contributed by atoms with Gasteiger partial charge in [-0.3, -0.25) is 14.9 Å². The molecule has 4 aromatic heterocycles. The molecule has 1 aliphatic heterocycles. The molecule has 430 valence electrons. The molecule has 31 heteroatoms. The van der Waals surface area contributed by atoms with Crippen molar-refractivity contribution in [1.29, 1.82) is 0 Å². The summed E-state index contributed by atoms with van der Waals surface area (Å²) in [6, 6.07) is 13.4. The summed E-state index contributed by atoms with van der Waals surface area (Å²) in [7, 11) is 1.15. The van der Waals surface area contributed by atoms with Gasteiger partial charge in [-0.05, 0) is 69.6 Å². The van der Waals surface area contributed by atoms with E-state index in [2.05, 4.69) is 56.9 Å². The normalized spacial score (nSPS) is 12.5. The van der Waals surface area contributed by atoms with Gasteiger partial charge in [-0.15, -0.1) is 11.5 Å². The van der Waals surface area contributed by atoms with Crippen LogP contribution in [0, 0.1) is 12.3 Å². The van der Waals surface area contributed by atoms with E-state index in [1.165, 1.54) is 69.7 Å². The summed E-state index contributed by atoms with van der Waals surface area (Å²) < 4.78 is 53.8. The van der Waals surface area contributed by atoms with E-state index in [-0.39, 0.29) is 63.2 Å². The number of aromatic nitrogens is 8. The number of carbonyl (C=O) groups excluding carboxylic acids is 3. The number of methoxy groups -OCH3 is 2. The third-order valence-electron chi connectivity index (χ3n) is 9.77. The molecule has 7 rings (SSSR count). The number of anilines is 4. The fraction of sp³-hybridized carbons (Fsp3) is 0.367. The first-order chi connectivity index (χ1) is 37.6. The minimum Gasteiger partial charge on any atom is -0.489 e. The summed E-state index contributed by atoms with van der Waals surface area (Å²) in [5.41, 5.74) is 0.429. The summed E-state index contributed by atoms with van der Waals surface area (Å²) in [4.78, 5) is 73.4. The Hall–Kier alpha value is -7.41. The van der Waals surface area contributed by atoms with Gasteiger partial charge in [0.15, 0.2) is 9.86 Å². The second kappa shape index (κ2) is 29.7. The molecule has 2 aromatic carbocycles. The summed E-state index contributed by atoms with van der Waals surface area (Å²) in [5, 5.41) is 12.5. The van der Waals surface area contributed by atoms with Crippen LogP contribution < -0.4 is 50.3 Å². The summed E-state index contributed by atoms with van der Waals surface area (Å²) in [6.45, 7) is 14.8. The lowest BCUT2D eigenvalue weighted by Crippen LogP contribution is -2.47. The number of para-hydroxylation sites is 2. The SMILES string of the molecule is C#CCOc1cc(-n2nc(C(C)(C)C)oc2=O)c(Cl)cc1Cl.CC1COc2ccccc2N1C(=O)C(Cl)Cl.CCNc1nc(Cl)nc(NC(C)C)n1.COc1cc(OC)nc(NC(=O)NS(=O)(=O)c2ncccc2C(=O)N(C)C)n1. The first-order valence-corrected chi connectivity index (χ1v) is 27.0. The number of nitrogens with zero attached hydrogens (tertiary/aromatic N) is 10. The second-order valence-electron chi connectivity index (χ2n) is 17.7. The highest BCUT2D eigenvalue weighted by Gasteiger charge is 2.32. The van der Waals surface area contributed by atoms with Crippen molar-refractivity contribution in [2.24, 2.45) is 0 Å². The Balaban J connectivity index is 0.000000238. The van der Waals surface area contributed by atoms with E-state index in [4.69, 9.17) is 87.8 Å². The summed E-state index contributed by atoms with van der Waals surface area (Å²) >= 11 is 29.2. The largest absolute Gasteiger partial charge is 0.489 e. The van der Waals surface area contributed by atoms with Gasteiger partial charge in [-0.2, -0.15) is 38.0 Å². The number of halogens is 5. The van der Waals surface area contributed by atoms with E-state index in [0.29, 0.717) is 41.6 Å². The van der Waals surface area contributed by atoms with Gasteiger partial charge in [-0.1, -0.05) is 85.2 Å². The fourth-order valence-electron chi connectivity index (χ4n) is 6.27. The van der Waals surface area contributed by atoms with E-state index in [9.17, 15) is 27.6 Å². The number of terminal acetylenes is 1. The molecule has 0 radical (unpaired) electrons. The predicted molar refractivity (Wildman–Crippen MR) is 304 cm³/mol. The Labute approximate surface area is 486 Å². The van der Waals surface area contributed by atoms with E-state index < -0.39 is 43.0 Å². The van der Waals surface area contributed by atoms with Crippen molar-refractivity contribution in [3.8, 4) is 41.3 Å².